The summed E-state index contributed by atoms with van der Waals surface area (Å²) in [6, 6.07) is 6.57. The predicted octanol–water partition coefficient (Wildman–Crippen LogP) is 1.48. The summed E-state index contributed by atoms with van der Waals surface area (Å²) < 4.78 is 7.80. The van der Waals surface area contributed by atoms with Crippen LogP contribution < -0.4 is 4.74 Å². The Bertz CT molecular complexity index is 639. The first kappa shape index (κ1) is 13.6. The van der Waals surface area contributed by atoms with Gasteiger partial charge < -0.3 is 14.4 Å². The summed E-state index contributed by atoms with van der Waals surface area (Å²) in [5.41, 5.74) is 0.243. The number of ether oxygens (including phenoxy) is 1. The number of carbonyl (C=O) groups is 1. The maximum atomic E-state index is 10.9. The van der Waals surface area contributed by atoms with E-state index < -0.39 is 5.97 Å². The topological polar surface area (TPSA) is 67.6 Å². The third-order valence-electron chi connectivity index (χ3n) is 3.58. The quantitative estimate of drug-likeness (QED) is 0.902. The Hall–Kier alpha value is -2.34. The zero-order valence-electron chi connectivity index (χ0n) is 11.6. The minimum atomic E-state index is -0.941. The van der Waals surface area contributed by atoms with Crippen LogP contribution in [0, 0.1) is 0 Å². The Morgan fingerprint density at radius 2 is 2.29 bits per heavy atom. The molecule has 0 unspecified atom stereocenters. The molecular weight excluding hydrogens is 270 g/mol. The molecule has 0 saturated carbocycles. The molecule has 1 aliphatic heterocycles. The van der Waals surface area contributed by atoms with Crippen molar-refractivity contribution in [2.45, 2.75) is 13.1 Å². The lowest BCUT2D eigenvalue weighted by atomic mass is 10.2. The molecule has 0 atom stereocenters. The molecule has 0 radical (unpaired) electrons. The first-order chi connectivity index (χ1) is 10.2. The van der Waals surface area contributed by atoms with Crippen LogP contribution in [0.2, 0.25) is 0 Å². The Morgan fingerprint density at radius 1 is 1.38 bits per heavy atom. The largest absolute Gasteiger partial charge is 0.492 e. The van der Waals surface area contributed by atoms with E-state index in [4.69, 9.17) is 9.84 Å². The maximum Gasteiger partial charge on any atom is 0.335 e. The standard InChI is InChI=1S/C15H17N3O3/c19-15(20)12-2-1-3-13(10-12)21-9-8-17-6-7-18-5-4-16-14(18)11-17/h1-5,10H,6-9,11H2,(H,19,20). The molecule has 21 heavy (non-hydrogen) atoms. The van der Waals surface area contributed by atoms with Crippen LogP contribution >= 0.6 is 0 Å². The molecule has 0 aliphatic carbocycles. The van der Waals surface area contributed by atoms with Crippen molar-refractivity contribution in [3.8, 4) is 5.75 Å². The number of nitrogens with zero attached hydrogens (tertiary/aromatic N) is 3. The highest BCUT2D eigenvalue weighted by molar-refractivity contribution is 5.87. The number of fused-ring (bicyclic) bond motifs is 1. The third kappa shape index (κ3) is 3.22. The monoisotopic (exact) mass is 287 g/mol. The second kappa shape index (κ2) is 5.97. The van der Waals surface area contributed by atoms with E-state index in [0.717, 1.165) is 32.0 Å². The molecule has 0 bridgehead atoms. The molecule has 1 aliphatic rings. The van der Waals surface area contributed by atoms with Crippen molar-refractivity contribution < 1.29 is 14.6 Å². The minimum Gasteiger partial charge on any atom is -0.492 e. The van der Waals surface area contributed by atoms with Crippen LogP contribution in [0.25, 0.3) is 0 Å². The highest BCUT2D eigenvalue weighted by atomic mass is 16.5. The smallest absolute Gasteiger partial charge is 0.335 e. The van der Waals surface area contributed by atoms with Crippen molar-refractivity contribution in [2.75, 3.05) is 19.7 Å². The number of hydrogen-bond acceptors (Lipinski definition) is 4. The first-order valence-corrected chi connectivity index (χ1v) is 6.91. The molecule has 1 aromatic heterocycles. The van der Waals surface area contributed by atoms with Gasteiger partial charge in [-0.15, -0.1) is 0 Å². The number of hydrogen-bond donors (Lipinski definition) is 1. The molecule has 3 rings (SSSR count). The highest BCUT2D eigenvalue weighted by Gasteiger charge is 2.16. The summed E-state index contributed by atoms with van der Waals surface area (Å²) >= 11 is 0. The summed E-state index contributed by atoms with van der Waals surface area (Å²) in [6.45, 7) is 4.07. The second-order valence-electron chi connectivity index (χ2n) is 4.99. The van der Waals surface area contributed by atoms with Gasteiger partial charge in [-0.05, 0) is 18.2 Å². The molecule has 1 N–H and O–H groups in total. The van der Waals surface area contributed by atoms with E-state index in [2.05, 4.69) is 14.5 Å². The van der Waals surface area contributed by atoms with Crippen molar-refractivity contribution >= 4 is 5.97 Å². The van der Waals surface area contributed by atoms with E-state index in [1.165, 1.54) is 0 Å². The molecule has 6 nitrogen and oxygen atoms in total. The van der Waals surface area contributed by atoms with E-state index in [-0.39, 0.29) is 5.56 Å². The summed E-state index contributed by atoms with van der Waals surface area (Å²) in [4.78, 5) is 17.5. The minimum absolute atomic E-state index is 0.243. The number of rotatable bonds is 5. The first-order valence-electron chi connectivity index (χ1n) is 6.91. The van der Waals surface area contributed by atoms with Gasteiger partial charge in [0.15, 0.2) is 0 Å². The molecule has 0 saturated heterocycles. The van der Waals surface area contributed by atoms with Gasteiger partial charge in [-0.3, -0.25) is 4.90 Å². The molecule has 2 aromatic rings. The van der Waals surface area contributed by atoms with Crippen molar-refractivity contribution in [1.29, 1.82) is 0 Å². The molecule has 0 amide bonds. The molecule has 0 fully saturated rings. The Balaban J connectivity index is 1.51. The lowest BCUT2D eigenvalue weighted by molar-refractivity contribution is 0.0696. The van der Waals surface area contributed by atoms with Gasteiger partial charge in [-0.25, -0.2) is 9.78 Å². The van der Waals surface area contributed by atoms with E-state index in [0.29, 0.717) is 12.4 Å². The Kier molecular flexibility index (Phi) is 3.87. The Morgan fingerprint density at radius 3 is 3.14 bits per heavy atom. The van der Waals surface area contributed by atoms with Crippen LogP contribution in [0.15, 0.2) is 36.7 Å². The van der Waals surface area contributed by atoms with Crippen LogP contribution in [-0.4, -0.2) is 45.2 Å². The van der Waals surface area contributed by atoms with Gasteiger partial charge >= 0.3 is 5.97 Å². The fourth-order valence-corrected chi connectivity index (χ4v) is 2.43. The zero-order valence-corrected chi connectivity index (χ0v) is 11.6. The van der Waals surface area contributed by atoms with E-state index in [9.17, 15) is 4.79 Å². The van der Waals surface area contributed by atoms with Gasteiger partial charge in [0.25, 0.3) is 0 Å². The molecule has 6 heteroatoms. The summed E-state index contributed by atoms with van der Waals surface area (Å²) in [7, 11) is 0. The molecule has 0 spiro atoms. The normalized spacial score (nSPS) is 14.7. The van der Waals surface area contributed by atoms with E-state index in [1.54, 1.807) is 24.3 Å². The van der Waals surface area contributed by atoms with Crippen LogP contribution in [0.3, 0.4) is 0 Å². The van der Waals surface area contributed by atoms with Gasteiger partial charge in [0.05, 0.1) is 12.1 Å². The predicted molar refractivity (Wildman–Crippen MR) is 76.4 cm³/mol. The van der Waals surface area contributed by atoms with Gasteiger partial charge in [0.1, 0.15) is 18.2 Å². The van der Waals surface area contributed by atoms with Crippen molar-refractivity contribution in [3.63, 3.8) is 0 Å². The van der Waals surface area contributed by atoms with E-state index in [1.807, 2.05) is 12.4 Å². The van der Waals surface area contributed by atoms with E-state index >= 15 is 0 Å². The van der Waals surface area contributed by atoms with Gasteiger partial charge in [0.2, 0.25) is 0 Å². The van der Waals surface area contributed by atoms with Crippen molar-refractivity contribution in [2.24, 2.45) is 0 Å². The average molecular weight is 287 g/mol. The Labute approximate surface area is 122 Å². The molecular formula is C15H17N3O3. The molecule has 2 heterocycles. The van der Waals surface area contributed by atoms with Crippen molar-refractivity contribution in [3.05, 3.63) is 48.0 Å². The SMILES string of the molecule is O=C(O)c1cccc(OCCN2CCn3ccnc3C2)c1. The van der Waals surface area contributed by atoms with Crippen LogP contribution in [-0.2, 0) is 13.1 Å². The fraction of sp³-hybridized carbons (Fsp3) is 0.333. The molecule has 1 aromatic carbocycles. The van der Waals surface area contributed by atoms with Crippen molar-refractivity contribution in [1.82, 2.24) is 14.5 Å². The summed E-state index contributed by atoms with van der Waals surface area (Å²) in [5.74, 6) is 0.728. The summed E-state index contributed by atoms with van der Waals surface area (Å²) in [5, 5.41) is 8.94. The lowest BCUT2D eigenvalue weighted by Gasteiger charge is -2.27. The number of carboxylic acids is 1. The number of aromatic carboxylic acids is 1. The zero-order chi connectivity index (χ0) is 14.7. The maximum absolute atomic E-state index is 10.9. The fourth-order valence-electron chi connectivity index (χ4n) is 2.43. The van der Waals surface area contributed by atoms with Crippen LogP contribution in [0.5, 0.6) is 5.75 Å². The second-order valence-corrected chi connectivity index (χ2v) is 4.99. The average Bonchev–Trinajstić information content (AvgIpc) is 2.95. The van der Waals surface area contributed by atoms with Gasteiger partial charge in [0, 0.05) is 32.0 Å². The third-order valence-corrected chi connectivity index (χ3v) is 3.58. The number of benzene rings is 1. The van der Waals surface area contributed by atoms with Crippen LogP contribution in [0.1, 0.15) is 16.2 Å². The van der Waals surface area contributed by atoms with Gasteiger partial charge in [-0.2, -0.15) is 0 Å². The van der Waals surface area contributed by atoms with Crippen LogP contribution in [0.4, 0.5) is 0 Å². The molecule has 110 valence electrons. The van der Waals surface area contributed by atoms with Gasteiger partial charge in [-0.1, -0.05) is 6.07 Å². The lowest BCUT2D eigenvalue weighted by Crippen LogP contribution is -2.36. The number of imidazole rings is 1. The number of aromatic nitrogens is 2. The highest BCUT2D eigenvalue weighted by Crippen LogP contribution is 2.14. The summed E-state index contributed by atoms with van der Waals surface area (Å²) in [6.07, 6.45) is 3.83. The number of carboxylic acid groups (broad SMARTS) is 1.